The summed E-state index contributed by atoms with van der Waals surface area (Å²) in [6.45, 7) is 1.52. The number of hydrogen-bond acceptors (Lipinski definition) is 6. The standard InChI is InChI=1S/C21H17ClN4O3S2/c1-12-6-3-4-9-15(12)26-19(28)17-18(24-20(30-2)31-17)25(21(26)29)11-16(27)23-14-8-5-7-13(22)10-14/h3-10H,11H2,1-2H3,(H,23,27). The van der Waals surface area contributed by atoms with Gasteiger partial charge in [-0.1, -0.05) is 47.6 Å². The van der Waals surface area contributed by atoms with Crippen LogP contribution in [0.1, 0.15) is 5.56 Å². The minimum absolute atomic E-state index is 0.204. The van der Waals surface area contributed by atoms with Gasteiger partial charge in [0.05, 0.1) is 5.69 Å². The molecule has 0 spiro atoms. The maximum Gasteiger partial charge on any atom is 0.337 e. The van der Waals surface area contributed by atoms with Crippen molar-refractivity contribution in [3.63, 3.8) is 0 Å². The normalized spacial score (nSPS) is 11.1. The third-order valence-corrected chi connectivity index (χ3v) is 6.86. The molecular formula is C21H17ClN4O3S2. The van der Waals surface area contributed by atoms with Crippen LogP contribution in [0.25, 0.3) is 16.0 Å². The van der Waals surface area contributed by atoms with Crippen molar-refractivity contribution in [3.05, 3.63) is 80.0 Å². The molecule has 0 unspecified atom stereocenters. The van der Waals surface area contributed by atoms with E-state index in [1.165, 1.54) is 27.7 Å². The zero-order valence-electron chi connectivity index (χ0n) is 16.6. The lowest BCUT2D eigenvalue weighted by atomic mass is 10.2. The molecule has 0 saturated carbocycles. The topological polar surface area (TPSA) is 86.0 Å². The average Bonchev–Trinajstić information content (AvgIpc) is 3.17. The third-order valence-electron chi connectivity index (χ3n) is 4.61. The summed E-state index contributed by atoms with van der Waals surface area (Å²) in [5.74, 6) is -0.431. The van der Waals surface area contributed by atoms with Gasteiger partial charge in [-0.3, -0.25) is 14.2 Å². The first-order valence-electron chi connectivity index (χ1n) is 9.21. The number of anilines is 1. The van der Waals surface area contributed by atoms with Gasteiger partial charge in [-0.15, -0.1) is 11.3 Å². The minimum Gasteiger partial charge on any atom is -0.324 e. The van der Waals surface area contributed by atoms with E-state index in [1.807, 2.05) is 25.3 Å². The number of fused-ring (bicyclic) bond motifs is 1. The molecule has 4 aromatic rings. The first-order valence-corrected chi connectivity index (χ1v) is 11.6. The summed E-state index contributed by atoms with van der Waals surface area (Å²) in [5, 5.41) is 3.21. The summed E-state index contributed by atoms with van der Waals surface area (Å²) < 4.78 is 3.30. The van der Waals surface area contributed by atoms with Crippen molar-refractivity contribution in [3.8, 4) is 5.69 Å². The molecule has 1 N–H and O–H groups in total. The van der Waals surface area contributed by atoms with Crippen molar-refractivity contribution < 1.29 is 4.79 Å². The van der Waals surface area contributed by atoms with Crippen LogP contribution in [0.2, 0.25) is 5.02 Å². The first kappa shape index (κ1) is 21.4. The van der Waals surface area contributed by atoms with Gasteiger partial charge in [0.2, 0.25) is 5.91 Å². The van der Waals surface area contributed by atoms with Crippen LogP contribution in [0.4, 0.5) is 5.69 Å². The lowest BCUT2D eigenvalue weighted by Gasteiger charge is -2.13. The van der Waals surface area contributed by atoms with Gasteiger partial charge >= 0.3 is 5.69 Å². The van der Waals surface area contributed by atoms with Crippen LogP contribution in [0.5, 0.6) is 0 Å². The molecule has 158 valence electrons. The van der Waals surface area contributed by atoms with Crippen LogP contribution >= 0.6 is 34.7 Å². The lowest BCUT2D eigenvalue weighted by Crippen LogP contribution is -2.40. The number of rotatable bonds is 5. The summed E-state index contributed by atoms with van der Waals surface area (Å²) >= 11 is 8.55. The molecule has 10 heteroatoms. The summed E-state index contributed by atoms with van der Waals surface area (Å²) in [7, 11) is 0. The number of aromatic nitrogens is 3. The highest BCUT2D eigenvalue weighted by atomic mass is 35.5. The highest BCUT2D eigenvalue weighted by Gasteiger charge is 2.21. The van der Waals surface area contributed by atoms with Crippen molar-refractivity contribution in [2.24, 2.45) is 0 Å². The second kappa shape index (κ2) is 8.70. The van der Waals surface area contributed by atoms with Gasteiger partial charge < -0.3 is 5.32 Å². The summed E-state index contributed by atoms with van der Waals surface area (Å²) in [6.07, 6.45) is 1.84. The second-order valence-electron chi connectivity index (χ2n) is 6.69. The molecule has 0 aliphatic carbocycles. The number of carbonyl (C=O) groups excluding carboxylic acids is 1. The van der Waals surface area contributed by atoms with Crippen LogP contribution in [-0.2, 0) is 11.3 Å². The number of para-hydroxylation sites is 1. The summed E-state index contributed by atoms with van der Waals surface area (Å²) in [5.41, 5.74) is 0.894. The highest BCUT2D eigenvalue weighted by Crippen LogP contribution is 2.25. The quantitative estimate of drug-likeness (QED) is 0.445. The number of carbonyl (C=O) groups is 1. The maximum atomic E-state index is 13.4. The monoisotopic (exact) mass is 472 g/mol. The predicted octanol–water partition coefficient (Wildman–Crippen LogP) is 3.93. The van der Waals surface area contributed by atoms with Crippen LogP contribution in [0.15, 0.2) is 62.5 Å². The Morgan fingerprint density at radius 2 is 1.97 bits per heavy atom. The van der Waals surface area contributed by atoms with E-state index in [2.05, 4.69) is 10.3 Å². The van der Waals surface area contributed by atoms with E-state index in [9.17, 15) is 14.4 Å². The third kappa shape index (κ3) is 4.16. The lowest BCUT2D eigenvalue weighted by molar-refractivity contribution is -0.116. The van der Waals surface area contributed by atoms with Gasteiger partial charge in [-0.2, -0.15) is 0 Å². The number of nitrogens with one attached hydrogen (secondary N) is 1. The Balaban J connectivity index is 1.86. The number of hydrogen-bond donors (Lipinski definition) is 1. The number of halogens is 1. The van der Waals surface area contributed by atoms with Gasteiger partial charge in [0.25, 0.3) is 5.56 Å². The number of thiazole rings is 1. The van der Waals surface area contributed by atoms with E-state index >= 15 is 0 Å². The Kier molecular flexibility index (Phi) is 5.99. The van der Waals surface area contributed by atoms with E-state index in [0.29, 0.717) is 25.4 Å². The molecule has 0 radical (unpaired) electrons. The Hall–Kier alpha value is -2.88. The average molecular weight is 473 g/mol. The van der Waals surface area contributed by atoms with Gasteiger partial charge in [0.1, 0.15) is 11.2 Å². The van der Waals surface area contributed by atoms with Crippen molar-refractivity contribution in [1.82, 2.24) is 14.1 Å². The number of aryl methyl sites for hydroxylation is 1. The molecule has 4 rings (SSSR count). The fourth-order valence-corrected chi connectivity index (χ4v) is 4.87. The molecule has 0 aliphatic heterocycles. The second-order valence-corrected chi connectivity index (χ2v) is 9.18. The smallest absolute Gasteiger partial charge is 0.324 e. The van der Waals surface area contributed by atoms with Gasteiger partial charge in [0, 0.05) is 10.7 Å². The van der Waals surface area contributed by atoms with Crippen molar-refractivity contribution in [2.45, 2.75) is 17.8 Å². The Morgan fingerprint density at radius 1 is 1.19 bits per heavy atom. The van der Waals surface area contributed by atoms with Crippen LogP contribution < -0.4 is 16.6 Å². The zero-order chi connectivity index (χ0) is 22.1. The maximum absolute atomic E-state index is 13.4. The number of nitrogens with zero attached hydrogens (tertiary/aromatic N) is 3. The van der Waals surface area contributed by atoms with Crippen LogP contribution in [-0.4, -0.2) is 26.3 Å². The van der Waals surface area contributed by atoms with E-state index in [1.54, 1.807) is 36.4 Å². The van der Waals surface area contributed by atoms with Crippen LogP contribution in [0.3, 0.4) is 0 Å². The highest BCUT2D eigenvalue weighted by molar-refractivity contribution is 8.00. The van der Waals surface area contributed by atoms with Gasteiger partial charge in [0.15, 0.2) is 9.99 Å². The van der Waals surface area contributed by atoms with Gasteiger partial charge in [-0.05, 0) is 43.0 Å². The fourth-order valence-electron chi connectivity index (χ4n) is 3.18. The molecule has 0 aliphatic rings. The first-order chi connectivity index (χ1) is 14.9. The van der Waals surface area contributed by atoms with E-state index in [0.717, 1.165) is 10.1 Å². The molecule has 0 bridgehead atoms. The molecule has 1 amide bonds. The molecule has 0 fully saturated rings. The van der Waals surface area contributed by atoms with Crippen molar-refractivity contribution in [1.29, 1.82) is 0 Å². The number of thioether (sulfide) groups is 1. The Bertz CT molecular complexity index is 1420. The van der Waals surface area contributed by atoms with E-state index in [4.69, 9.17) is 11.6 Å². The van der Waals surface area contributed by atoms with E-state index < -0.39 is 17.2 Å². The number of amides is 1. The summed E-state index contributed by atoms with van der Waals surface area (Å²) in [4.78, 5) is 43.7. The molecule has 7 nitrogen and oxygen atoms in total. The van der Waals surface area contributed by atoms with E-state index in [-0.39, 0.29) is 12.2 Å². The molecule has 2 aromatic heterocycles. The molecular weight excluding hydrogens is 456 g/mol. The Morgan fingerprint density at radius 3 is 2.68 bits per heavy atom. The van der Waals surface area contributed by atoms with Gasteiger partial charge in [-0.25, -0.2) is 14.3 Å². The summed E-state index contributed by atoms with van der Waals surface area (Å²) in [6, 6.07) is 13.8. The fraction of sp³-hybridized carbons (Fsp3) is 0.143. The van der Waals surface area contributed by atoms with Crippen molar-refractivity contribution >= 4 is 56.6 Å². The molecule has 0 saturated heterocycles. The molecule has 2 heterocycles. The molecule has 2 aromatic carbocycles. The molecule has 31 heavy (non-hydrogen) atoms. The Labute approximate surface area is 190 Å². The zero-order valence-corrected chi connectivity index (χ0v) is 19.0. The SMILES string of the molecule is CSc1nc2c(s1)c(=O)n(-c1ccccc1C)c(=O)n2CC(=O)Nc1cccc(Cl)c1. The number of benzene rings is 2. The minimum atomic E-state index is -0.619. The predicted molar refractivity (Wildman–Crippen MR) is 126 cm³/mol. The van der Waals surface area contributed by atoms with Crippen molar-refractivity contribution in [2.75, 3.05) is 11.6 Å². The van der Waals surface area contributed by atoms with Crippen LogP contribution in [0, 0.1) is 6.92 Å². The largest absolute Gasteiger partial charge is 0.337 e. The molecule has 0 atom stereocenters.